The molecule has 2 aromatic rings. The van der Waals surface area contributed by atoms with Gasteiger partial charge >= 0.3 is 0 Å². The van der Waals surface area contributed by atoms with E-state index in [1.54, 1.807) is 6.92 Å². The Kier molecular flexibility index (Phi) is 2.76. The smallest absolute Gasteiger partial charge is 0.253 e. The number of hydrogen-bond acceptors (Lipinski definition) is 5. The molecule has 0 spiro atoms. The summed E-state index contributed by atoms with van der Waals surface area (Å²) in [4.78, 5) is 0. The minimum atomic E-state index is -0.366. The molecule has 5 heteroatoms. The molecule has 1 aromatic carbocycles. The molecule has 0 saturated carbocycles. The largest absolute Gasteiger partial charge is 0.484 e. The molecule has 0 fully saturated rings. The van der Waals surface area contributed by atoms with Crippen LogP contribution in [-0.4, -0.2) is 15.3 Å². The van der Waals surface area contributed by atoms with Gasteiger partial charge < -0.3 is 14.3 Å². The van der Waals surface area contributed by atoms with Crippen molar-refractivity contribution in [1.29, 1.82) is 0 Å². The Labute approximate surface area is 104 Å². The lowest BCUT2D eigenvalue weighted by molar-refractivity contribution is 0.180. The van der Waals surface area contributed by atoms with Gasteiger partial charge in [-0.15, -0.1) is 10.2 Å². The van der Waals surface area contributed by atoms with Gasteiger partial charge in [-0.25, -0.2) is 0 Å². The third-order valence-electron chi connectivity index (χ3n) is 3.12. The molecular weight excluding hydrogens is 232 g/mol. The van der Waals surface area contributed by atoms with Gasteiger partial charge in [0.15, 0.2) is 6.61 Å². The lowest BCUT2D eigenvalue weighted by Gasteiger charge is -2.09. The maximum Gasteiger partial charge on any atom is 0.253 e. The predicted molar refractivity (Wildman–Crippen MR) is 63.1 cm³/mol. The fourth-order valence-electron chi connectivity index (χ4n) is 2.27. The van der Waals surface area contributed by atoms with E-state index in [1.165, 1.54) is 0 Å². The molecule has 1 aliphatic carbocycles. The summed E-state index contributed by atoms with van der Waals surface area (Å²) < 4.78 is 10.9. The summed E-state index contributed by atoms with van der Waals surface area (Å²) in [5, 5.41) is 17.4. The highest BCUT2D eigenvalue weighted by molar-refractivity contribution is 5.44. The highest BCUT2D eigenvalue weighted by Crippen LogP contribution is 2.36. The number of hydrogen-bond donors (Lipinski definition) is 1. The van der Waals surface area contributed by atoms with E-state index in [0.29, 0.717) is 11.8 Å². The van der Waals surface area contributed by atoms with E-state index in [-0.39, 0.29) is 12.7 Å². The molecule has 1 heterocycles. The second kappa shape index (κ2) is 4.42. The lowest BCUT2D eigenvalue weighted by Crippen LogP contribution is -1.99. The number of aromatic nitrogens is 2. The van der Waals surface area contributed by atoms with E-state index < -0.39 is 0 Å². The normalized spacial score (nSPS) is 17.8. The van der Waals surface area contributed by atoms with Crippen LogP contribution in [0.4, 0.5) is 0 Å². The Hall–Kier alpha value is -1.88. The first-order valence-electron chi connectivity index (χ1n) is 5.95. The summed E-state index contributed by atoms with van der Waals surface area (Å²) in [7, 11) is 0. The van der Waals surface area contributed by atoms with Crippen LogP contribution in [0.2, 0.25) is 0 Å². The van der Waals surface area contributed by atoms with Gasteiger partial charge in [-0.05, 0) is 24.5 Å². The molecule has 94 valence electrons. The topological polar surface area (TPSA) is 68.4 Å². The van der Waals surface area contributed by atoms with Crippen molar-refractivity contribution in [2.24, 2.45) is 0 Å². The number of aryl methyl sites for hydroxylation is 1. The van der Waals surface area contributed by atoms with Crippen molar-refractivity contribution in [2.75, 3.05) is 0 Å². The van der Waals surface area contributed by atoms with E-state index in [4.69, 9.17) is 9.15 Å². The van der Waals surface area contributed by atoms with Crippen molar-refractivity contribution in [3.05, 3.63) is 41.1 Å². The van der Waals surface area contributed by atoms with Crippen LogP contribution in [0.15, 0.2) is 22.6 Å². The first-order valence-corrected chi connectivity index (χ1v) is 5.95. The lowest BCUT2D eigenvalue weighted by atomic mass is 10.1. The maximum atomic E-state index is 9.80. The zero-order valence-electron chi connectivity index (χ0n) is 10.1. The second-order valence-electron chi connectivity index (χ2n) is 4.38. The minimum Gasteiger partial charge on any atom is -0.484 e. The number of fused-ring (bicyclic) bond motifs is 1. The van der Waals surface area contributed by atoms with Gasteiger partial charge in [0.25, 0.3) is 5.89 Å². The van der Waals surface area contributed by atoms with Crippen molar-refractivity contribution in [3.63, 3.8) is 0 Å². The van der Waals surface area contributed by atoms with Crippen LogP contribution >= 0.6 is 0 Å². The Morgan fingerprint density at radius 1 is 1.44 bits per heavy atom. The van der Waals surface area contributed by atoms with Crippen molar-refractivity contribution in [2.45, 2.75) is 32.5 Å². The molecule has 18 heavy (non-hydrogen) atoms. The highest BCUT2D eigenvalue weighted by Gasteiger charge is 2.23. The summed E-state index contributed by atoms with van der Waals surface area (Å²) in [6.45, 7) is 2.00. The van der Waals surface area contributed by atoms with Gasteiger partial charge in [-0.1, -0.05) is 12.1 Å². The Bertz CT molecular complexity index is 565. The minimum absolute atomic E-state index is 0.257. The number of aliphatic hydroxyl groups excluding tert-OH is 1. The zero-order valence-corrected chi connectivity index (χ0v) is 10.1. The fraction of sp³-hybridized carbons (Fsp3) is 0.385. The molecular formula is C13H14N2O3. The fourth-order valence-corrected chi connectivity index (χ4v) is 2.27. The number of rotatable bonds is 3. The summed E-state index contributed by atoms with van der Waals surface area (Å²) in [5.74, 6) is 1.78. The Balaban J connectivity index is 1.78. The highest BCUT2D eigenvalue weighted by atomic mass is 16.5. The van der Waals surface area contributed by atoms with Crippen molar-refractivity contribution < 1.29 is 14.3 Å². The van der Waals surface area contributed by atoms with E-state index in [0.717, 1.165) is 29.7 Å². The number of aliphatic hydroxyl groups is 1. The summed E-state index contributed by atoms with van der Waals surface area (Å²) in [6.07, 6.45) is 1.24. The van der Waals surface area contributed by atoms with Crippen molar-refractivity contribution in [1.82, 2.24) is 10.2 Å². The number of ether oxygens (including phenoxy) is 1. The molecule has 1 atom stereocenters. The van der Waals surface area contributed by atoms with Crippen molar-refractivity contribution >= 4 is 0 Å². The Morgan fingerprint density at radius 3 is 3.11 bits per heavy atom. The van der Waals surface area contributed by atoms with Gasteiger partial charge in [-0.2, -0.15) is 0 Å². The maximum absolute atomic E-state index is 9.80. The average Bonchev–Trinajstić information content (AvgIpc) is 2.94. The Morgan fingerprint density at radius 2 is 2.33 bits per heavy atom. The van der Waals surface area contributed by atoms with Crippen molar-refractivity contribution in [3.8, 4) is 5.75 Å². The summed E-state index contributed by atoms with van der Waals surface area (Å²) >= 11 is 0. The zero-order chi connectivity index (χ0) is 12.5. The first-order chi connectivity index (χ1) is 8.74. The van der Waals surface area contributed by atoms with Gasteiger partial charge in [0.2, 0.25) is 5.89 Å². The molecule has 1 N–H and O–H groups in total. The summed E-state index contributed by atoms with van der Waals surface area (Å²) in [6, 6.07) is 5.73. The monoisotopic (exact) mass is 246 g/mol. The summed E-state index contributed by atoms with van der Waals surface area (Å²) in [5.41, 5.74) is 2.05. The number of benzene rings is 1. The van der Waals surface area contributed by atoms with Gasteiger partial charge in [0, 0.05) is 12.5 Å². The predicted octanol–water partition coefficient (Wildman–Crippen LogP) is 1.94. The third-order valence-corrected chi connectivity index (χ3v) is 3.12. The number of nitrogens with zero attached hydrogens (tertiary/aromatic N) is 2. The molecule has 0 bridgehead atoms. The molecule has 1 unspecified atom stereocenters. The molecule has 5 nitrogen and oxygen atoms in total. The van der Waals surface area contributed by atoms with Crippen LogP contribution in [-0.2, 0) is 13.0 Å². The van der Waals surface area contributed by atoms with E-state index in [2.05, 4.69) is 10.2 Å². The van der Waals surface area contributed by atoms with Crippen LogP contribution in [0.25, 0.3) is 0 Å². The van der Waals surface area contributed by atoms with E-state index >= 15 is 0 Å². The molecule has 1 aromatic heterocycles. The molecule has 3 rings (SSSR count). The molecule has 1 aliphatic rings. The van der Waals surface area contributed by atoms with Gasteiger partial charge in [0.1, 0.15) is 5.75 Å². The SMILES string of the molecule is Cc1nnc(COc2cccc3c2CCC3O)o1. The third kappa shape index (κ3) is 1.97. The quantitative estimate of drug-likeness (QED) is 0.896. The molecule has 0 saturated heterocycles. The first kappa shape index (κ1) is 11.2. The van der Waals surface area contributed by atoms with E-state index in [1.807, 2.05) is 18.2 Å². The van der Waals surface area contributed by atoms with Crippen LogP contribution in [0.3, 0.4) is 0 Å². The van der Waals surface area contributed by atoms with Crippen LogP contribution < -0.4 is 4.74 Å². The second-order valence-corrected chi connectivity index (χ2v) is 4.38. The van der Waals surface area contributed by atoms with E-state index in [9.17, 15) is 5.11 Å². The van der Waals surface area contributed by atoms with Crippen LogP contribution in [0.5, 0.6) is 5.75 Å². The molecule has 0 radical (unpaired) electrons. The van der Waals surface area contributed by atoms with Crippen LogP contribution in [0, 0.1) is 6.92 Å². The molecule has 0 amide bonds. The standard InChI is InChI=1S/C13H14N2O3/c1-8-14-15-13(18-8)7-17-12-4-2-3-9-10(12)5-6-11(9)16/h2-4,11,16H,5-7H2,1H3. The van der Waals surface area contributed by atoms with Gasteiger partial charge in [0.05, 0.1) is 6.10 Å². The van der Waals surface area contributed by atoms with Crippen LogP contribution in [0.1, 0.15) is 35.4 Å². The van der Waals surface area contributed by atoms with Gasteiger partial charge in [-0.3, -0.25) is 0 Å². The molecule has 0 aliphatic heterocycles. The average molecular weight is 246 g/mol.